The molecule has 1 unspecified atom stereocenters. The van der Waals surface area contributed by atoms with Crippen molar-refractivity contribution in [1.29, 1.82) is 0 Å². The molecule has 104 valence electrons. The third kappa shape index (κ3) is 3.44. The second kappa shape index (κ2) is 6.64. The van der Waals surface area contributed by atoms with Crippen LogP contribution >= 0.6 is 22.7 Å². The maximum Gasteiger partial charge on any atom is 0.0950 e. The van der Waals surface area contributed by atoms with E-state index >= 15 is 0 Å². The van der Waals surface area contributed by atoms with Gasteiger partial charge in [-0.2, -0.15) is 0 Å². The van der Waals surface area contributed by atoms with Crippen LogP contribution in [-0.2, 0) is 12.8 Å². The highest BCUT2D eigenvalue weighted by atomic mass is 32.1. The minimum atomic E-state index is 0.407. The van der Waals surface area contributed by atoms with Crippen LogP contribution in [0.4, 0.5) is 0 Å². The SMILES string of the molecule is CCNC(Cc1nc(C)c(C)s1)c1sccc1CC. The summed E-state index contributed by atoms with van der Waals surface area (Å²) in [6, 6.07) is 2.66. The van der Waals surface area contributed by atoms with E-state index in [0.29, 0.717) is 6.04 Å². The smallest absolute Gasteiger partial charge is 0.0950 e. The van der Waals surface area contributed by atoms with Crippen LogP contribution in [0.2, 0.25) is 0 Å². The summed E-state index contributed by atoms with van der Waals surface area (Å²) in [6.07, 6.45) is 2.11. The Kier molecular flexibility index (Phi) is 5.13. The molecule has 0 aliphatic heterocycles. The van der Waals surface area contributed by atoms with Gasteiger partial charge < -0.3 is 5.32 Å². The summed E-state index contributed by atoms with van der Waals surface area (Å²) in [6.45, 7) is 9.65. The molecule has 4 heteroatoms. The number of aromatic nitrogens is 1. The lowest BCUT2D eigenvalue weighted by Crippen LogP contribution is -2.23. The van der Waals surface area contributed by atoms with Gasteiger partial charge in [0.05, 0.1) is 10.7 Å². The van der Waals surface area contributed by atoms with E-state index in [0.717, 1.165) is 19.4 Å². The van der Waals surface area contributed by atoms with Crippen LogP contribution in [0.1, 0.15) is 45.9 Å². The minimum Gasteiger partial charge on any atom is -0.309 e. The monoisotopic (exact) mass is 294 g/mol. The molecular weight excluding hydrogens is 272 g/mol. The second-order valence-electron chi connectivity index (χ2n) is 4.73. The molecule has 0 spiro atoms. The van der Waals surface area contributed by atoms with Crippen LogP contribution < -0.4 is 5.32 Å². The molecule has 19 heavy (non-hydrogen) atoms. The van der Waals surface area contributed by atoms with Gasteiger partial charge in [-0.1, -0.05) is 13.8 Å². The summed E-state index contributed by atoms with van der Waals surface area (Å²) in [4.78, 5) is 7.50. The molecule has 2 rings (SSSR count). The summed E-state index contributed by atoms with van der Waals surface area (Å²) < 4.78 is 0. The molecular formula is C15H22N2S2. The number of rotatable bonds is 6. The van der Waals surface area contributed by atoms with Crippen molar-refractivity contribution in [3.05, 3.63) is 37.5 Å². The lowest BCUT2D eigenvalue weighted by molar-refractivity contribution is 0.553. The van der Waals surface area contributed by atoms with Crippen molar-refractivity contribution in [2.24, 2.45) is 0 Å². The molecule has 2 nitrogen and oxygen atoms in total. The van der Waals surface area contributed by atoms with E-state index in [-0.39, 0.29) is 0 Å². The van der Waals surface area contributed by atoms with Crippen molar-refractivity contribution in [1.82, 2.24) is 10.3 Å². The lowest BCUT2D eigenvalue weighted by atomic mass is 10.1. The van der Waals surface area contributed by atoms with Gasteiger partial charge in [0.2, 0.25) is 0 Å². The molecule has 0 saturated heterocycles. The van der Waals surface area contributed by atoms with E-state index in [4.69, 9.17) is 0 Å². The van der Waals surface area contributed by atoms with Crippen molar-refractivity contribution in [2.45, 2.75) is 46.6 Å². The summed E-state index contributed by atoms with van der Waals surface area (Å²) in [7, 11) is 0. The Morgan fingerprint density at radius 2 is 2.11 bits per heavy atom. The predicted molar refractivity (Wildman–Crippen MR) is 85.4 cm³/mol. The van der Waals surface area contributed by atoms with Gasteiger partial charge in [0.25, 0.3) is 0 Å². The van der Waals surface area contributed by atoms with Gasteiger partial charge >= 0.3 is 0 Å². The van der Waals surface area contributed by atoms with Crippen LogP contribution in [0.5, 0.6) is 0 Å². The third-order valence-corrected chi connectivity index (χ3v) is 5.55. The molecule has 0 amide bonds. The quantitative estimate of drug-likeness (QED) is 0.860. The highest BCUT2D eigenvalue weighted by Crippen LogP contribution is 2.29. The van der Waals surface area contributed by atoms with E-state index in [9.17, 15) is 0 Å². The Labute approximate surface area is 123 Å². The fraction of sp³-hybridized carbons (Fsp3) is 0.533. The number of likely N-dealkylation sites (N-methyl/N-ethyl adjacent to an activating group) is 1. The number of nitrogens with zero attached hydrogens (tertiary/aromatic N) is 1. The first kappa shape index (κ1) is 14.7. The summed E-state index contributed by atoms with van der Waals surface area (Å²) in [5.41, 5.74) is 2.65. The molecule has 1 atom stereocenters. The van der Waals surface area contributed by atoms with E-state index in [1.165, 1.54) is 26.0 Å². The first-order chi connectivity index (χ1) is 9.15. The second-order valence-corrected chi connectivity index (χ2v) is 6.96. The van der Waals surface area contributed by atoms with Crippen LogP contribution in [-0.4, -0.2) is 11.5 Å². The molecule has 2 aromatic heterocycles. The number of aryl methyl sites for hydroxylation is 3. The van der Waals surface area contributed by atoms with E-state index in [1.54, 1.807) is 0 Å². The van der Waals surface area contributed by atoms with E-state index in [1.807, 2.05) is 22.7 Å². The largest absolute Gasteiger partial charge is 0.309 e. The molecule has 1 N–H and O–H groups in total. The highest BCUT2D eigenvalue weighted by molar-refractivity contribution is 7.11. The highest BCUT2D eigenvalue weighted by Gasteiger charge is 2.18. The van der Waals surface area contributed by atoms with Gasteiger partial charge in [-0.15, -0.1) is 22.7 Å². The molecule has 0 saturated carbocycles. The Morgan fingerprint density at radius 1 is 1.32 bits per heavy atom. The van der Waals surface area contributed by atoms with Crippen LogP contribution in [0.25, 0.3) is 0 Å². The Hall–Kier alpha value is -0.710. The molecule has 0 aliphatic carbocycles. The first-order valence-electron chi connectivity index (χ1n) is 6.88. The average Bonchev–Trinajstić information content (AvgIpc) is 2.96. The number of hydrogen-bond acceptors (Lipinski definition) is 4. The maximum absolute atomic E-state index is 4.68. The third-order valence-electron chi connectivity index (χ3n) is 3.38. The summed E-state index contributed by atoms with van der Waals surface area (Å²) >= 11 is 3.70. The summed E-state index contributed by atoms with van der Waals surface area (Å²) in [5, 5.41) is 7.07. The van der Waals surface area contributed by atoms with Crippen molar-refractivity contribution in [3.63, 3.8) is 0 Å². The zero-order valence-corrected chi connectivity index (χ0v) is 13.8. The normalized spacial score (nSPS) is 12.8. The van der Waals surface area contributed by atoms with Crippen LogP contribution in [0, 0.1) is 13.8 Å². The molecule has 0 aromatic carbocycles. The Morgan fingerprint density at radius 3 is 2.68 bits per heavy atom. The van der Waals surface area contributed by atoms with Crippen LogP contribution in [0.3, 0.4) is 0 Å². The van der Waals surface area contributed by atoms with Gasteiger partial charge in [-0.3, -0.25) is 0 Å². The maximum atomic E-state index is 4.68. The average molecular weight is 294 g/mol. The van der Waals surface area contributed by atoms with Crippen molar-refractivity contribution in [2.75, 3.05) is 6.54 Å². The summed E-state index contributed by atoms with van der Waals surface area (Å²) in [5.74, 6) is 0. The van der Waals surface area contributed by atoms with Gasteiger partial charge in [-0.05, 0) is 43.8 Å². The Bertz CT molecular complexity index is 508. The van der Waals surface area contributed by atoms with E-state index in [2.05, 4.69) is 49.4 Å². The number of thiophene rings is 1. The fourth-order valence-electron chi connectivity index (χ4n) is 2.25. The minimum absolute atomic E-state index is 0.407. The van der Waals surface area contributed by atoms with Gasteiger partial charge in [0, 0.05) is 22.2 Å². The van der Waals surface area contributed by atoms with Crippen molar-refractivity contribution in [3.8, 4) is 0 Å². The number of nitrogens with one attached hydrogen (secondary N) is 1. The number of thiazole rings is 1. The van der Waals surface area contributed by atoms with Gasteiger partial charge in [-0.25, -0.2) is 4.98 Å². The first-order valence-corrected chi connectivity index (χ1v) is 8.57. The molecule has 0 aliphatic rings. The molecule has 2 aromatic rings. The molecule has 0 fully saturated rings. The molecule has 2 heterocycles. The van der Waals surface area contributed by atoms with Crippen molar-refractivity contribution < 1.29 is 0 Å². The standard InChI is InChI=1S/C15H22N2S2/c1-5-12-7-8-18-15(12)13(16-6-2)9-14-17-10(3)11(4)19-14/h7-8,13,16H,5-6,9H2,1-4H3. The van der Waals surface area contributed by atoms with Crippen molar-refractivity contribution >= 4 is 22.7 Å². The van der Waals surface area contributed by atoms with Crippen LogP contribution in [0.15, 0.2) is 11.4 Å². The zero-order valence-electron chi connectivity index (χ0n) is 12.1. The van der Waals surface area contributed by atoms with Gasteiger partial charge in [0.15, 0.2) is 0 Å². The lowest BCUT2D eigenvalue weighted by Gasteiger charge is -2.17. The molecule has 0 bridgehead atoms. The topological polar surface area (TPSA) is 24.9 Å². The predicted octanol–water partition coefficient (Wildman–Crippen LogP) is 4.28. The fourth-order valence-corrected chi connectivity index (χ4v) is 4.30. The number of hydrogen-bond donors (Lipinski definition) is 1. The Balaban J connectivity index is 2.20. The molecule has 0 radical (unpaired) electrons. The van der Waals surface area contributed by atoms with Gasteiger partial charge in [0.1, 0.15) is 0 Å². The zero-order chi connectivity index (χ0) is 13.8. The van der Waals surface area contributed by atoms with E-state index < -0.39 is 0 Å².